The molecule has 0 saturated carbocycles. The van der Waals surface area contributed by atoms with E-state index in [9.17, 15) is 0 Å². The third kappa shape index (κ3) is 11.0. The van der Waals surface area contributed by atoms with Gasteiger partial charge in [-0.25, -0.2) is 0 Å². The lowest BCUT2D eigenvalue weighted by Gasteiger charge is -2.32. The van der Waals surface area contributed by atoms with Crippen molar-refractivity contribution in [2.75, 3.05) is 50.1 Å². The van der Waals surface area contributed by atoms with E-state index in [1.165, 1.54) is 16.8 Å². The number of anilines is 2. The zero-order valence-electron chi connectivity index (χ0n) is 42.0. The first-order valence-corrected chi connectivity index (χ1v) is 24.9. The van der Waals surface area contributed by atoms with Gasteiger partial charge in [0.25, 0.3) is 0 Å². The van der Waals surface area contributed by atoms with Crippen molar-refractivity contribution in [1.82, 2.24) is 65.3 Å². The third-order valence-corrected chi connectivity index (χ3v) is 12.9. The molecule has 10 rings (SSSR count). The first-order valence-electron chi connectivity index (χ1n) is 24.9. The number of hydrogen-bond acceptors (Lipinski definition) is 18. The summed E-state index contributed by atoms with van der Waals surface area (Å²) in [5.74, 6) is 2.39. The van der Waals surface area contributed by atoms with Crippen LogP contribution < -0.4 is 51.3 Å². The Hall–Kier alpha value is -8.34. The second kappa shape index (κ2) is 22.6. The van der Waals surface area contributed by atoms with Gasteiger partial charge in [-0.05, 0) is 76.3 Å². The number of nitrogens with zero attached hydrogens (tertiary/aromatic N) is 14. The zero-order valence-corrected chi connectivity index (χ0v) is 42.0. The summed E-state index contributed by atoms with van der Waals surface area (Å²) in [6, 6.07) is 21.1. The smallest absolute Gasteiger partial charge is 0.162 e. The van der Waals surface area contributed by atoms with Crippen LogP contribution in [-0.2, 0) is 72.1 Å². The molecule has 0 amide bonds. The number of rotatable bonds is 24. The van der Waals surface area contributed by atoms with Gasteiger partial charge in [0, 0.05) is 70.2 Å². The van der Waals surface area contributed by atoms with Crippen molar-refractivity contribution < 1.29 is 18.9 Å². The van der Waals surface area contributed by atoms with E-state index in [4.69, 9.17) is 36.1 Å². The molecule has 0 bridgehead atoms. The van der Waals surface area contributed by atoms with Crippen molar-refractivity contribution in [3.8, 4) is 45.3 Å². The van der Waals surface area contributed by atoms with Gasteiger partial charge in [0.2, 0.25) is 0 Å². The summed E-state index contributed by atoms with van der Waals surface area (Å²) in [5, 5.41) is 37.6. The Morgan fingerprint density at radius 3 is 1.41 bits per heavy atom. The maximum absolute atomic E-state index is 6.51. The van der Waals surface area contributed by atoms with Crippen LogP contribution in [0.3, 0.4) is 0 Å². The van der Waals surface area contributed by atoms with Crippen LogP contribution in [0.4, 0.5) is 11.4 Å². The number of nitrogens with one attached hydrogen (secondary N) is 1. The standard InChI is InChI=1S/C52H62N18O4/c1-4-35-7-5-9-43-45-23-49(47(21-37(45)25-65(2)51(35)43)71-31-39-27-67(17-12-53)61-57-39)74-34-42-30-70(64-60-42)20-16-56-15-11-36-8-6-10-44-46-24-50(73-33-41-29-69(19-14-55)63-59-41)48(22-38(46)26-66(3)52(36)44)72-32-40-28-68(18-13-54)62-58-40/h5-11,15,21-24,27-30,56H,4,12-14,16-20,25-26,31-34,53-55H2,1-3H3/b15-11-. The van der Waals surface area contributed by atoms with E-state index in [1.54, 1.807) is 14.0 Å². The average Bonchev–Trinajstić information content (AvgIpc) is 4.26. The minimum absolute atomic E-state index is 0.195. The van der Waals surface area contributed by atoms with Crippen LogP contribution in [0.25, 0.3) is 28.3 Å². The Bertz CT molecular complexity index is 3230. The quantitative estimate of drug-likeness (QED) is 0.0616. The van der Waals surface area contributed by atoms with Crippen LogP contribution in [0.2, 0.25) is 0 Å². The third-order valence-electron chi connectivity index (χ3n) is 12.9. The van der Waals surface area contributed by atoms with Crippen LogP contribution in [0.5, 0.6) is 23.0 Å². The van der Waals surface area contributed by atoms with Gasteiger partial charge in [-0.1, -0.05) is 64.2 Å². The average molecular weight is 1000 g/mol. The van der Waals surface area contributed by atoms with Crippen molar-refractivity contribution in [2.45, 2.75) is 79.0 Å². The molecule has 6 heterocycles. The molecule has 0 radical (unpaired) electrons. The molecule has 4 aromatic heterocycles. The monoisotopic (exact) mass is 1000 g/mol. The molecule has 2 aliphatic rings. The molecule has 22 heteroatoms. The number of aromatic nitrogens is 12. The fraction of sp³-hybridized carbons (Fsp3) is 0.346. The lowest BCUT2D eigenvalue weighted by molar-refractivity contribution is 0.251. The van der Waals surface area contributed by atoms with Gasteiger partial charge in [0.15, 0.2) is 23.0 Å². The second-order valence-corrected chi connectivity index (χ2v) is 18.2. The lowest BCUT2D eigenvalue weighted by Crippen LogP contribution is -2.23. The summed E-state index contributed by atoms with van der Waals surface area (Å²) in [6.45, 7) is 8.72. The zero-order chi connectivity index (χ0) is 51.0. The van der Waals surface area contributed by atoms with Crippen molar-refractivity contribution >= 4 is 17.5 Å². The largest absolute Gasteiger partial charge is 0.483 e. The second-order valence-electron chi connectivity index (χ2n) is 18.2. The highest BCUT2D eigenvalue weighted by Gasteiger charge is 2.27. The van der Waals surface area contributed by atoms with Gasteiger partial charge in [-0.2, -0.15) is 0 Å². The highest BCUT2D eigenvalue weighted by molar-refractivity contribution is 5.90. The van der Waals surface area contributed by atoms with E-state index < -0.39 is 0 Å². The van der Waals surface area contributed by atoms with Gasteiger partial charge in [0.05, 0.1) is 56.7 Å². The van der Waals surface area contributed by atoms with Crippen molar-refractivity contribution in [2.24, 2.45) is 17.2 Å². The summed E-state index contributed by atoms with van der Waals surface area (Å²) < 4.78 is 32.6. The van der Waals surface area contributed by atoms with Gasteiger partial charge in [-0.15, -0.1) is 20.4 Å². The molecule has 0 fully saturated rings. The lowest BCUT2D eigenvalue weighted by atomic mass is 9.90. The molecule has 0 unspecified atom stereocenters. The highest BCUT2D eigenvalue weighted by Crippen LogP contribution is 2.47. The normalized spacial score (nSPS) is 12.7. The van der Waals surface area contributed by atoms with E-state index in [2.05, 4.69) is 138 Å². The number of para-hydroxylation sites is 2. The van der Waals surface area contributed by atoms with E-state index >= 15 is 0 Å². The number of nitrogens with two attached hydrogens (primary N) is 3. The highest BCUT2D eigenvalue weighted by atomic mass is 16.5. The van der Waals surface area contributed by atoms with E-state index in [0.29, 0.717) is 105 Å². The van der Waals surface area contributed by atoms with Crippen molar-refractivity contribution in [3.63, 3.8) is 0 Å². The molecule has 74 heavy (non-hydrogen) atoms. The Morgan fingerprint density at radius 2 is 0.946 bits per heavy atom. The molecular formula is C52H62N18O4. The number of hydrogen-bond donors (Lipinski definition) is 4. The molecule has 4 aromatic carbocycles. The molecule has 0 saturated heterocycles. The van der Waals surface area contributed by atoms with Gasteiger partial charge in [0.1, 0.15) is 49.2 Å². The summed E-state index contributed by atoms with van der Waals surface area (Å²) in [6.07, 6.45) is 12.4. The molecule has 384 valence electrons. The van der Waals surface area contributed by atoms with Crippen molar-refractivity contribution in [1.29, 1.82) is 0 Å². The fourth-order valence-electron chi connectivity index (χ4n) is 9.44. The van der Waals surface area contributed by atoms with Gasteiger partial charge in [-0.3, -0.25) is 18.7 Å². The summed E-state index contributed by atoms with van der Waals surface area (Å²) in [5.41, 5.74) is 31.3. The number of fused-ring (bicyclic) bond motifs is 6. The Morgan fingerprint density at radius 1 is 0.527 bits per heavy atom. The minimum atomic E-state index is 0.195. The van der Waals surface area contributed by atoms with Crippen LogP contribution in [0.15, 0.2) is 91.7 Å². The number of benzene rings is 4. The Balaban J connectivity index is 0.803. The first-order chi connectivity index (χ1) is 36.3. The van der Waals surface area contributed by atoms with E-state index in [1.807, 2.05) is 41.7 Å². The Kier molecular flexibility index (Phi) is 15.0. The summed E-state index contributed by atoms with van der Waals surface area (Å²) >= 11 is 0. The molecule has 7 N–H and O–H groups in total. The van der Waals surface area contributed by atoms with Crippen LogP contribution in [0.1, 0.15) is 52.0 Å². The Labute approximate surface area is 428 Å². The molecule has 22 nitrogen and oxygen atoms in total. The van der Waals surface area contributed by atoms with Gasteiger partial charge < -0.3 is 51.3 Å². The predicted molar refractivity (Wildman–Crippen MR) is 279 cm³/mol. The molecule has 0 spiro atoms. The molecule has 0 aliphatic carbocycles. The van der Waals surface area contributed by atoms with E-state index in [-0.39, 0.29) is 26.4 Å². The number of ether oxygens (including phenoxy) is 4. The van der Waals surface area contributed by atoms with E-state index in [0.717, 1.165) is 52.0 Å². The fourth-order valence-corrected chi connectivity index (χ4v) is 9.44. The summed E-state index contributed by atoms with van der Waals surface area (Å²) in [4.78, 5) is 4.56. The SMILES string of the molecule is CCc1cccc2c1N(C)Cc1cc(OCc3cn(CCN)nn3)c(OCc3cn(CCN/C=C\c4cccc5c4N(C)Cc4cc(OCc6cn(CCN)nn6)c(OCc6cn(CCN)nn6)cc4-5)nn3)cc1-2. The van der Waals surface area contributed by atoms with Gasteiger partial charge >= 0.3 is 0 Å². The van der Waals surface area contributed by atoms with Crippen LogP contribution in [0, 0.1) is 0 Å². The van der Waals surface area contributed by atoms with Crippen LogP contribution >= 0.6 is 0 Å². The molecule has 2 aliphatic heterocycles. The topological polar surface area (TPSA) is 256 Å². The predicted octanol–water partition coefficient (Wildman–Crippen LogP) is 4.30. The van der Waals surface area contributed by atoms with Crippen molar-refractivity contribution in [3.05, 3.63) is 137 Å². The van der Waals surface area contributed by atoms with Crippen LogP contribution in [-0.4, -0.2) is 100 Å². The maximum Gasteiger partial charge on any atom is 0.162 e. The number of aryl methyl sites for hydroxylation is 1. The maximum atomic E-state index is 6.51. The molecular weight excluding hydrogens is 941 g/mol. The molecule has 0 atom stereocenters. The summed E-state index contributed by atoms with van der Waals surface area (Å²) in [7, 11) is 4.23. The first kappa shape index (κ1) is 49.2. The molecule has 8 aromatic rings. The minimum Gasteiger partial charge on any atom is -0.483 e.